The Labute approximate surface area is 128 Å². The summed E-state index contributed by atoms with van der Waals surface area (Å²) in [6, 6.07) is 6.81. The molecule has 20 heavy (non-hydrogen) atoms. The monoisotopic (exact) mass is 313 g/mol. The summed E-state index contributed by atoms with van der Waals surface area (Å²) in [4.78, 5) is 11.9. The fourth-order valence-electron chi connectivity index (χ4n) is 1.88. The van der Waals surface area contributed by atoms with Gasteiger partial charge < -0.3 is 10.1 Å². The minimum Gasteiger partial charge on any atom is -0.376 e. The molecule has 1 aromatic rings. The number of amides is 1. The Kier molecular flexibility index (Phi) is 5.58. The number of halogens is 1. The van der Waals surface area contributed by atoms with Crippen LogP contribution in [0.3, 0.4) is 0 Å². The van der Waals surface area contributed by atoms with Crippen LogP contribution in [0.5, 0.6) is 0 Å². The molecule has 1 fully saturated rings. The van der Waals surface area contributed by atoms with Crippen LogP contribution < -0.4 is 16.2 Å². The standard InChI is InChI=1S/C13H16ClN3O2S/c14-11-6-2-1-5-10(11)12(18)16-17-13(20)15-8-9-4-3-7-19-9/h1-2,5-6,9H,3-4,7-8H2,(H,16,18)(H2,15,17,20)/t9-/m1/s1. The first-order valence-corrected chi connectivity index (χ1v) is 7.16. The first kappa shape index (κ1) is 15.0. The van der Waals surface area contributed by atoms with E-state index in [0.29, 0.717) is 22.2 Å². The maximum absolute atomic E-state index is 11.9. The van der Waals surface area contributed by atoms with Crippen molar-refractivity contribution in [3.8, 4) is 0 Å². The van der Waals surface area contributed by atoms with Crippen LogP contribution >= 0.6 is 23.8 Å². The minimum absolute atomic E-state index is 0.189. The van der Waals surface area contributed by atoms with E-state index in [0.717, 1.165) is 19.4 Å². The second kappa shape index (κ2) is 7.42. The zero-order chi connectivity index (χ0) is 14.4. The third-order valence-electron chi connectivity index (χ3n) is 2.92. The van der Waals surface area contributed by atoms with Crippen molar-refractivity contribution in [2.24, 2.45) is 0 Å². The average molecular weight is 314 g/mol. The topological polar surface area (TPSA) is 62.4 Å². The second-order valence-electron chi connectivity index (χ2n) is 4.40. The van der Waals surface area contributed by atoms with E-state index in [4.69, 9.17) is 28.6 Å². The number of hydrogen-bond acceptors (Lipinski definition) is 3. The highest BCUT2D eigenvalue weighted by Gasteiger charge is 2.15. The van der Waals surface area contributed by atoms with Gasteiger partial charge in [-0.2, -0.15) is 0 Å². The van der Waals surface area contributed by atoms with Gasteiger partial charge in [0.1, 0.15) is 0 Å². The molecule has 1 aliphatic heterocycles. The van der Waals surface area contributed by atoms with E-state index in [1.807, 2.05) is 0 Å². The van der Waals surface area contributed by atoms with Gasteiger partial charge in [-0.15, -0.1) is 0 Å². The minimum atomic E-state index is -0.336. The molecule has 0 radical (unpaired) electrons. The van der Waals surface area contributed by atoms with Crippen LogP contribution in [0.4, 0.5) is 0 Å². The van der Waals surface area contributed by atoms with Gasteiger partial charge in [-0.1, -0.05) is 23.7 Å². The quantitative estimate of drug-likeness (QED) is 0.585. The predicted octanol–water partition coefficient (Wildman–Crippen LogP) is 1.63. The highest BCUT2D eigenvalue weighted by molar-refractivity contribution is 7.80. The summed E-state index contributed by atoms with van der Waals surface area (Å²) in [5.41, 5.74) is 5.53. The molecule has 1 saturated heterocycles. The number of thiocarbonyl (C=S) groups is 1. The van der Waals surface area contributed by atoms with Gasteiger partial charge in [0.05, 0.1) is 16.7 Å². The molecule has 1 heterocycles. The molecule has 108 valence electrons. The van der Waals surface area contributed by atoms with Gasteiger partial charge in [-0.3, -0.25) is 15.6 Å². The first-order chi connectivity index (χ1) is 9.66. The molecular weight excluding hydrogens is 298 g/mol. The molecule has 1 amide bonds. The van der Waals surface area contributed by atoms with Crippen molar-refractivity contribution >= 4 is 34.8 Å². The number of hydrazine groups is 1. The van der Waals surface area contributed by atoms with Crippen LogP contribution in [0.1, 0.15) is 23.2 Å². The van der Waals surface area contributed by atoms with Gasteiger partial charge in [0.25, 0.3) is 5.91 Å². The third kappa shape index (κ3) is 4.33. The molecule has 1 atom stereocenters. The van der Waals surface area contributed by atoms with Gasteiger partial charge >= 0.3 is 0 Å². The van der Waals surface area contributed by atoms with E-state index in [1.54, 1.807) is 24.3 Å². The maximum atomic E-state index is 11.9. The summed E-state index contributed by atoms with van der Waals surface area (Å²) < 4.78 is 5.46. The fourth-order valence-corrected chi connectivity index (χ4v) is 2.24. The SMILES string of the molecule is O=C(NNC(=S)NC[C@H]1CCCO1)c1ccccc1Cl. The summed E-state index contributed by atoms with van der Waals surface area (Å²) in [5.74, 6) is -0.336. The second-order valence-corrected chi connectivity index (χ2v) is 5.22. The van der Waals surface area contributed by atoms with Crippen molar-refractivity contribution < 1.29 is 9.53 Å². The predicted molar refractivity (Wildman–Crippen MR) is 81.6 cm³/mol. The van der Waals surface area contributed by atoms with E-state index >= 15 is 0 Å². The van der Waals surface area contributed by atoms with Crippen molar-refractivity contribution in [2.45, 2.75) is 18.9 Å². The van der Waals surface area contributed by atoms with Crippen LogP contribution in [-0.4, -0.2) is 30.3 Å². The lowest BCUT2D eigenvalue weighted by atomic mass is 10.2. The largest absolute Gasteiger partial charge is 0.376 e. The van der Waals surface area contributed by atoms with Crippen molar-refractivity contribution in [3.63, 3.8) is 0 Å². The first-order valence-electron chi connectivity index (χ1n) is 6.37. The molecular formula is C13H16ClN3O2S. The van der Waals surface area contributed by atoms with E-state index < -0.39 is 0 Å². The lowest BCUT2D eigenvalue weighted by molar-refractivity contribution is 0.0943. The lowest BCUT2D eigenvalue weighted by Crippen LogP contribution is -2.48. The number of benzene rings is 1. The van der Waals surface area contributed by atoms with Crippen molar-refractivity contribution in [1.29, 1.82) is 0 Å². The summed E-state index contributed by atoms with van der Waals surface area (Å²) in [7, 11) is 0. The molecule has 0 bridgehead atoms. The maximum Gasteiger partial charge on any atom is 0.271 e. The Morgan fingerprint density at radius 3 is 2.90 bits per heavy atom. The average Bonchev–Trinajstić information content (AvgIpc) is 2.96. The van der Waals surface area contributed by atoms with Gasteiger partial charge in [0, 0.05) is 13.2 Å². The van der Waals surface area contributed by atoms with Crippen molar-refractivity contribution in [1.82, 2.24) is 16.2 Å². The van der Waals surface area contributed by atoms with Gasteiger partial charge in [0.15, 0.2) is 5.11 Å². The van der Waals surface area contributed by atoms with Crippen LogP contribution in [-0.2, 0) is 4.74 Å². The zero-order valence-corrected chi connectivity index (χ0v) is 12.4. The van der Waals surface area contributed by atoms with Gasteiger partial charge in [-0.25, -0.2) is 0 Å². The van der Waals surface area contributed by atoms with Crippen LogP contribution in [0.2, 0.25) is 5.02 Å². The Balaban J connectivity index is 1.72. The smallest absolute Gasteiger partial charge is 0.271 e. The third-order valence-corrected chi connectivity index (χ3v) is 3.50. The van der Waals surface area contributed by atoms with Gasteiger partial charge in [-0.05, 0) is 37.2 Å². The van der Waals surface area contributed by atoms with Crippen LogP contribution in [0.15, 0.2) is 24.3 Å². The van der Waals surface area contributed by atoms with E-state index in [-0.39, 0.29) is 12.0 Å². The summed E-state index contributed by atoms with van der Waals surface area (Å²) in [6.45, 7) is 1.43. The number of carbonyl (C=O) groups is 1. The molecule has 3 N–H and O–H groups in total. The Hall–Kier alpha value is -1.37. The number of nitrogens with one attached hydrogen (secondary N) is 3. The van der Waals surface area contributed by atoms with E-state index in [9.17, 15) is 4.79 Å². The van der Waals surface area contributed by atoms with Crippen molar-refractivity contribution in [3.05, 3.63) is 34.9 Å². The lowest BCUT2D eigenvalue weighted by Gasteiger charge is -2.14. The molecule has 0 aliphatic carbocycles. The summed E-state index contributed by atoms with van der Waals surface area (Å²) in [6.07, 6.45) is 2.30. The van der Waals surface area contributed by atoms with Crippen LogP contribution in [0, 0.1) is 0 Å². The number of ether oxygens (including phenoxy) is 1. The molecule has 7 heteroatoms. The normalized spacial score (nSPS) is 17.6. The van der Waals surface area contributed by atoms with Crippen LogP contribution in [0.25, 0.3) is 0 Å². The number of carbonyl (C=O) groups excluding carboxylic acids is 1. The molecule has 0 aromatic heterocycles. The zero-order valence-electron chi connectivity index (χ0n) is 10.8. The van der Waals surface area contributed by atoms with Crippen molar-refractivity contribution in [2.75, 3.05) is 13.2 Å². The number of rotatable bonds is 3. The molecule has 2 rings (SSSR count). The summed E-state index contributed by atoms with van der Waals surface area (Å²) >= 11 is 11.0. The Bertz CT molecular complexity index is 492. The molecule has 5 nitrogen and oxygen atoms in total. The molecule has 1 aliphatic rings. The molecule has 0 unspecified atom stereocenters. The Morgan fingerprint density at radius 2 is 2.20 bits per heavy atom. The van der Waals surface area contributed by atoms with E-state index in [1.165, 1.54) is 0 Å². The molecule has 0 spiro atoms. The fraction of sp³-hybridized carbons (Fsp3) is 0.385. The molecule has 0 saturated carbocycles. The highest BCUT2D eigenvalue weighted by atomic mass is 35.5. The number of hydrogen-bond donors (Lipinski definition) is 3. The summed E-state index contributed by atoms with van der Waals surface area (Å²) in [5, 5.41) is 3.74. The van der Waals surface area contributed by atoms with E-state index in [2.05, 4.69) is 16.2 Å². The highest BCUT2D eigenvalue weighted by Crippen LogP contribution is 2.14. The molecule has 1 aromatic carbocycles. The van der Waals surface area contributed by atoms with Gasteiger partial charge in [0.2, 0.25) is 0 Å². The Morgan fingerprint density at radius 1 is 1.40 bits per heavy atom.